The van der Waals surface area contributed by atoms with Crippen LogP contribution >= 0.6 is 0 Å². The van der Waals surface area contributed by atoms with Gasteiger partial charge in [-0.1, -0.05) is 12.6 Å². The third-order valence-electron chi connectivity index (χ3n) is 7.77. The smallest absolute Gasteiger partial charge is 0.282 e. The molecule has 0 aliphatic carbocycles. The summed E-state index contributed by atoms with van der Waals surface area (Å²) in [4.78, 5) is 41.2. The van der Waals surface area contributed by atoms with Crippen LogP contribution in [0.4, 0.5) is 22.0 Å². The fourth-order valence-corrected chi connectivity index (χ4v) is 5.49. The summed E-state index contributed by atoms with van der Waals surface area (Å²) in [7, 11) is 5.41. The molecule has 2 N–H and O–H groups in total. The van der Waals surface area contributed by atoms with Crippen molar-refractivity contribution in [3.63, 3.8) is 0 Å². The van der Waals surface area contributed by atoms with E-state index in [1.807, 2.05) is 26.2 Å². The van der Waals surface area contributed by atoms with Gasteiger partial charge in [-0.15, -0.1) is 0 Å². The normalized spacial score (nSPS) is 18.6. The van der Waals surface area contributed by atoms with E-state index in [0.29, 0.717) is 56.1 Å². The van der Waals surface area contributed by atoms with Crippen molar-refractivity contribution >= 4 is 40.3 Å². The predicted octanol–water partition coefficient (Wildman–Crippen LogP) is 2.64. The lowest BCUT2D eigenvalue weighted by molar-refractivity contribution is -0.129. The average Bonchev–Trinajstić information content (AvgIpc) is 3.42. The maximum atomic E-state index is 13.6. The first-order valence-corrected chi connectivity index (χ1v) is 13.6. The fraction of sp³-hybridized carbons (Fsp3) is 0.464. The van der Waals surface area contributed by atoms with Crippen LogP contribution in [0.2, 0.25) is 0 Å². The molecule has 2 aliphatic heterocycles. The van der Waals surface area contributed by atoms with Crippen LogP contribution in [0.3, 0.4) is 0 Å². The molecule has 41 heavy (non-hydrogen) atoms. The van der Waals surface area contributed by atoms with E-state index >= 15 is 0 Å². The van der Waals surface area contributed by atoms with Crippen molar-refractivity contribution in [2.24, 2.45) is 0 Å². The van der Waals surface area contributed by atoms with E-state index in [1.54, 1.807) is 19.0 Å². The van der Waals surface area contributed by atoms with Crippen molar-refractivity contribution in [1.29, 1.82) is 0 Å². The van der Waals surface area contributed by atoms with E-state index in [0.717, 1.165) is 22.0 Å². The molecule has 2 aliphatic rings. The minimum absolute atomic E-state index is 0.0104. The van der Waals surface area contributed by atoms with Crippen LogP contribution in [-0.2, 0) is 9.59 Å². The first-order chi connectivity index (χ1) is 19.6. The maximum absolute atomic E-state index is 13.6. The monoisotopic (exact) mass is 565 g/mol. The molecule has 2 aromatic heterocycles. The zero-order valence-corrected chi connectivity index (χ0v) is 24.1. The Morgan fingerprint density at radius 3 is 2.71 bits per heavy atom. The number of fused-ring (bicyclic) bond motifs is 2. The first kappa shape index (κ1) is 28.1. The summed E-state index contributed by atoms with van der Waals surface area (Å²) in [6, 6.07) is 3.76. The van der Waals surface area contributed by atoms with Crippen LogP contribution in [-0.4, -0.2) is 102 Å². The number of nitrogens with zero attached hydrogens (tertiary/aromatic N) is 7. The largest absolute Gasteiger partial charge is 0.484 e. The predicted molar refractivity (Wildman–Crippen MR) is 155 cm³/mol. The standard InChI is InChI=1S/C28H36FN9O3/c1-16-7-8-20-19(13-31-34-20)23(16)21-15-41-24-25(36(21)6)32-28(30-10-9-22(39)35(4)5)33-26(24)38-12-11-37(14-17(38)2)27(40)18(3)29/h7-8,13,17,21H,3,9-12,14-15H2,1-2,4-6H3,(H,31,34)(H,30,32,33)/t17-,21?/m0/s1. The highest BCUT2D eigenvalue weighted by molar-refractivity contribution is 5.91. The van der Waals surface area contributed by atoms with E-state index < -0.39 is 11.7 Å². The highest BCUT2D eigenvalue weighted by Gasteiger charge is 2.37. The van der Waals surface area contributed by atoms with Crippen LogP contribution < -0.4 is 19.9 Å². The van der Waals surface area contributed by atoms with Crippen LogP contribution in [0, 0.1) is 6.92 Å². The topological polar surface area (TPSA) is 123 Å². The van der Waals surface area contributed by atoms with E-state index in [-0.39, 0.29) is 24.4 Å². The molecule has 1 unspecified atom stereocenters. The molecular formula is C28H36FN9O3. The quantitative estimate of drug-likeness (QED) is 0.416. The first-order valence-electron chi connectivity index (χ1n) is 13.6. The second-order valence-corrected chi connectivity index (χ2v) is 10.8. The number of aryl methyl sites for hydroxylation is 1. The third-order valence-corrected chi connectivity index (χ3v) is 7.77. The summed E-state index contributed by atoms with van der Waals surface area (Å²) in [6.07, 6.45) is 2.11. The molecule has 0 spiro atoms. The van der Waals surface area contributed by atoms with Gasteiger partial charge < -0.3 is 29.7 Å². The number of halogens is 1. The lowest BCUT2D eigenvalue weighted by Crippen LogP contribution is -2.54. The van der Waals surface area contributed by atoms with Gasteiger partial charge in [0.05, 0.1) is 17.8 Å². The Kier molecular flexibility index (Phi) is 7.70. The molecule has 0 radical (unpaired) electrons. The van der Waals surface area contributed by atoms with Crippen LogP contribution in [0.1, 0.15) is 30.5 Å². The number of anilines is 3. The number of rotatable bonds is 7. The third kappa shape index (κ3) is 5.35. The molecule has 12 nitrogen and oxygen atoms in total. The van der Waals surface area contributed by atoms with Gasteiger partial charge in [-0.2, -0.15) is 15.1 Å². The van der Waals surface area contributed by atoms with Crippen molar-refractivity contribution in [3.05, 3.63) is 41.9 Å². The highest BCUT2D eigenvalue weighted by Crippen LogP contribution is 2.45. The number of aromatic amines is 1. The number of ether oxygens (including phenoxy) is 1. The number of hydrogen-bond donors (Lipinski definition) is 2. The van der Waals surface area contributed by atoms with Crippen LogP contribution in [0.25, 0.3) is 10.9 Å². The Hall–Kier alpha value is -4.42. The Bertz CT molecular complexity index is 1490. The van der Waals surface area contributed by atoms with Gasteiger partial charge in [0.25, 0.3) is 5.91 Å². The number of H-pyrrole nitrogens is 1. The molecule has 13 heteroatoms. The number of hydrogen-bond acceptors (Lipinski definition) is 9. The summed E-state index contributed by atoms with van der Waals surface area (Å²) in [5, 5.41) is 11.5. The zero-order valence-electron chi connectivity index (χ0n) is 24.1. The molecule has 0 bridgehead atoms. The van der Waals surface area contributed by atoms with Crippen molar-refractivity contribution in [2.45, 2.75) is 32.4 Å². The second kappa shape index (κ2) is 11.2. The number of piperazine rings is 1. The summed E-state index contributed by atoms with van der Waals surface area (Å²) < 4.78 is 20.0. The van der Waals surface area contributed by atoms with Crippen molar-refractivity contribution in [1.82, 2.24) is 30.0 Å². The number of nitrogens with one attached hydrogen (secondary N) is 2. The molecule has 2 amide bonds. The van der Waals surface area contributed by atoms with Gasteiger partial charge in [-0.3, -0.25) is 14.7 Å². The Morgan fingerprint density at radius 2 is 2.00 bits per heavy atom. The molecule has 1 fully saturated rings. The molecular weight excluding hydrogens is 529 g/mol. The van der Waals surface area contributed by atoms with Gasteiger partial charge >= 0.3 is 0 Å². The lowest BCUT2D eigenvalue weighted by Gasteiger charge is -2.42. The Morgan fingerprint density at radius 1 is 1.24 bits per heavy atom. The van der Waals surface area contributed by atoms with E-state index in [2.05, 4.69) is 44.9 Å². The van der Waals surface area contributed by atoms with Gasteiger partial charge in [0.1, 0.15) is 6.61 Å². The van der Waals surface area contributed by atoms with Crippen molar-refractivity contribution in [3.8, 4) is 5.75 Å². The van der Waals surface area contributed by atoms with Crippen LogP contribution in [0.15, 0.2) is 30.7 Å². The van der Waals surface area contributed by atoms with E-state index in [1.165, 1.54) is 4.90 Å². The highest BCUT2D eigenvalue weighted by atomic mass is 19.1. The number of benzene rings is 1. The fourth-order valence-electron chi connectivity index (χ4n) is 5.49. The summed E-state index contributed by atoms with van der Waals surface area (Å²) in [6.45, 7) is 8.94. The maximum Gasteiger partial charge on any atom is 0.282 e. The molecule has 2 atom stereocenters. The summed E-state index contributed by atoms with van der Waals surface area (Å²) >= 11 is 0. The van der Waals surface area contributed by atoms with Gasteiger partial charge in [0.2, 0.25) is 17.6 Å². The molecule has 4 heterocycles. The van der Waals surface area contributed by atoms with E-state index in [9.17, 15) is 14.0 Å². The number of likely N-dealkylation sites (N-methyl/N-ethyl adjacent to an activating group) is 1. The van der Waals surface area contributed by atoms with Gasteiger partial charge in [0.15, 0.2) is 17.5 Å². The number of aromatic nitrogens is 4. The molecule has 1 aromatic carbocycles. The zero-order chi connectivity index (χ0) is 29.4. The lowest BCUT2D eigenvalue weighted by atomic mass is 9.96. The van der Waals surface area contributed by atoms with Crippen molar-refractivity contribution < 1.29 is 18.7 Å². The number of amides is 2. The summed E-state index contributed by atoms with van der Waals surface area (Å²) in [5.74, 6) is 0.414. The van der Waals surface area contributed by atoms with Crippen molar-refractivity contribution in [2.75, 3.05) is 69.0 Å². The molecule has 0 saturated carbocycles. The number of carbonyl (C=O) groups is 2. The molecule has 218 valence electrons. The number of carbonyl (C=O) groups excluding carboxylic acids is 2. The Labute approximate surface area is 238 Å². The second-order valence-electron chi connectivity index (χ2n) is 10.8. The minimum Gasteiger partial charge on any atom is -0.484 e. The summed E-state index contributed by atoms with van der Waals surface area (Å²) in [5.41, 5.74) is 3.15. The minimum atomic E-state index is -0.970. The SMILES string of the molecule is C=C(F)C(=O)N1CCN(c2nc(NCCC(=O)N(C)C)nc3c2OCC(c2c(C)ccc4[nH]ncc24)N3C)[C@@H](C)C1. The Balaban J connectivity index is 1.50. The molecule has 5 rings (SSSR count). The molecule has 3 aromatic rings. The van der Waals surface area contributed by atoms with Gasteiger partial charge in [-0.05, 0) is 31.0 Å². The van der Waals surface area contributed by atoms with Crippen LogP contribution in [0.5, 0.6) is 5.75 Å². The average molecular weight is 566 g/mol. The van der Waals surface area contributed by atoms with Gasteiger partial charge in [0, 0.05) is 65.2 Å². The molecule has 1 saturated heterocycles. The van der Waals surface area contributed by atoms with E-state index in [4.69, 9.17) is 14.7 Å². The van der Waals surface area contributed by atoms with Gasteiger partial charge in [-0.25, -0.2) is 4.39 Å².